The highest BCUT2D eigenvalue weighted by Crippen LogP contribution is 2.07. The van der Waals surface area contributed by atoms with Crippen molar-refractivity contribution in [3.63, 3.8) is 0 Å². The summed E-state index contributed by atoms with van der Waals surface area (Å²) in [7, 11) is -2.93. The number of carbonyl (C=O) groups is 1. The Labute approximate surface area is 53.3 Å². The summed E-state index contributed by atoms with van der Waals surface area (Å²) in [5.41, 5.74) is 0.384. The van der Waals surface area contributed by atoms with Crippen LogP contribution < -0.4 is 0 Å². The van der Waals surface area contributed by atoms with Crippen LogP contribution in [0.2, 0.25) is 0 Å². The highest BCUT2D eigenvalue weighted by atomic mass is 32.2. The third kappa shape index (κ3) is 1.38. The van der Waals surface area contributed by atoms with Crippen LogP contribution in [0.15, 0.2) is 11.6 Å². The van der Waals surface area contributed by atoms with Crippen molar-refractivity contribution in [3.8, 4) is 0 Å². The average Bonchev–Trinajstić information content (AvgIpc) is 2.10. The van der Waals surface area contributed by atoms with E-state index in [4.69, 9.17) is 0 Å². The first-order valence-corrected chi connectivity index (χ1v) is 4.31. The summed E-state index contributed by atoms with van der Waals surface area (Å²) in [4.78, 5) is 9.96. The summed E-state index contributed by atoms with van der Waals surface area (Å²) in [5.74, 6) is -0.0441. The molecule has 0 saturated heterocycles. The second kappa shape index (κ2) is 1.95. The van der Waals surface area contributed by atoms with Crippen LogP contribution in [0.1, 0.15) is 0 Å². The van der Waals surface area contributed by atoms with Gasteiger partial charge in [-0.1, -0.05) is 6.08 Å². The van der Waals surface area contributed by atoms with Gasteiger partial charge in [0, 0.05) is 5.57 Å². The predicted molar refractivity (Wildman–Crippen MR) is 32.8 cm³/mol. The molecule has 0 fully saturated rings. The first kappa shape index (κ1) is 6.48. The van der Waals surface area contributed by atoms with Crippen molar-refractivity contribution in [1.29, 1.82) is 0 Å². The zero-order chi connectivity index (χ0) is 6.91. The number of carbonyl (C=O) groups excluding carboxylic acids is 1. The molecule has 0 saturated carbocycles. The van der Waals surface area contributed by atoms with Crippen LogP contribution in [0.5, 0.6) is 0 Å². The van der Waals surface area contributed by atoms with Gasteiger partial charge in [-0.3, -0.25) is 4.79 Å². The van der Waals surface area contributed by atoms with Crippen LogP contribution in [0.4, 0.5) is 0 Å². The lowest BCUT2D eigenvalue weighted by molar-refractivity contribution is -0.104. The molecule has 0 atom stereocenters. The molecule has 0 radical (unpaired) electrons. The molecule has 0 spiro atoms. The van der Waals surface area contributed by atoms with E-state index in [0.29, 0.717) is 11.9 Å². The Kier molecular flexibility index (Phi) is 1.40. The van der Waals surface area contributed by atoms with Crippen molar-refractivity contribution in [2.24, 2.45) is 0 Å². The summed E-state index contributed by atoms with van der Waals surface area (Å²) in [6.07, 6.45) is 2.03. The molecular weight excluding hydrogens is 140 g/mol. The predicted octanol–water partition coefficient (Wildman–Crippen LogP) is -0.460. The van der Waals surface area contributed by atoms with Crippen molar-refractivity contribution in [1.82, 2.24) is 0 Å². The number of rotatable bonds is 1. The van der Waals surface area contributed by atoms with Crippen molar-refractivity contribution in [2.75, 3.05) is 11.5 Å². The fraction of sp³-hybridized carbons (Fsp3) is 0.400. The summed E-state index contributed by atoms with van der Waals surface area (Å²) < 4.78 is 21.2. The first-order valence-electron chi connectivity index (χ1n) is 2.49. The maximum atomic E-state index is 10.6. The summed E-state index contributed by atoms with van der Waals surface area (Å²) in [6, 6.07) is 0. The Balaban J connectivity index is 2.83. The van der Waals surface area contributed by atoms with E-state index < -0.39 is 9.84 Å². The minimum atomic E-state index is -2.93. The SMILES string of the molecule is O=CC1=CCS(=O)(=O)C1. The molecule has 1 aliphatic heterocycles. The van der Waals surface area contributed by atoms with Gasteiger partial charge in [-0.2, -0.15) is 0 Å². The zero-order valence-corrected chi connectivity index (χ0v) is 5.52. The monoisotopic (exact) mass is 146 g/mol. The molecule has 0 amide bonds. The molecule has 3 nitrogen and oxygen atoms in total. The molecule has 1 aliphatic rings. The lowest BCUT2D eigenvalue weighted by Crippen LogP contribution is -2.02. The smallest absolute Gasteiger partial charge is 0.158 e. The summed E-state index contributed by atoms with van der Waals surface area (Å²) in [6.45, 7) is 0. The largest absolute Gasteiger partial charge is 0.298 e. The van der Waals surface area contributed by atoms with E-state index in [1.165, 1.54) is 6.08 Å². The Morgan fingerprint density at radius 1 is 1.56 bits per heavy atom. The van der Waals surface area contributed by atoms with Crippen LogP contribution in [0.3, 0.4) is 0 Å². The maximum Gasteiger partial charge on any atom is 0.158 e. The molecule has 4 heteroatoms. The highest BCUT2D eigenvalue weighted by molar-refractivity contribution is 7.92. The molecule has 0 bridgehead atoms. The van der Waals surface area contributed by atoms with Crippen molar-refractivity contribution < 1.29 is 13.2 Å². The van der Waals surface area contributed by atoms with Gasteiger partial charge in [-0.05, 0) is 0 Å². The van der Waals surface area contributed by atoms with Crippen molar-refractivity contribution in [2.45, 2.75) is 0 Å². The Hall–Kier alpha value is -0.640. The Morgan fingerprint density at radius 2 is 2.22 bits per heavy atom. The minimum Gasteiger partial charge on any atom is -0.298 e. The van der Waals surface area contributed by atoms with E-state index in [1.807, 2.05) is 0 Å². The highest BCUT2D eigenvalue weighted by Gasteiger charge is 2.18. The van der Waals surface area contributed by atoms with E-state index in [2.05, 4.69) is 0 Å². The standard InChI is InChI=1S/C5H6O3S/c6-3-5-1-2-9(7,8)4-5/h1,3H,2,4H2. The fourth-order valence-corrected chi connectivity index (χ4v) is 1.97. The normalized spacial score (nSPS) is 23.3. The Morgan fingerprint density at radius 3 is 2.44 bits per heavy atom. The second-order valence-electron chi connectivity index (χ2n) is 1.95. The van der Waals surface area contributed by atoms with Crippen LogP contribution in [0.25, 0.3) is 0 Å². The molecule has 9 heavy (non-hydrogen) atoms. The molecule has 0 unspecified atom stereocenters. The van der Waals surface area contributed by atoms with Gasteiger partial charge in [0.15, 0.2) is 9.84 Å². The van der Waals surface area contributed by atoms with Crippen LogP contribution in [-0.2, 0) is 14.6 Å². The Bertz CT molecular complexity index is 247. The third-order valence-corrected chi connectivity index (χ3v) is 2.59. The number of sulfone groups is 1. The van der Waals surface area contributed by atoms with Crippen molar-refractivity contribution in [3.05, 3.63) is 11.6 Å². The number of aldehydes is 1. The fourth-order valence-electron chi connectivity index (χ4n) is 0.688. The van der Waals surface area contributed by atoms with Gasteiger partial charge in [0.05, 0.1) is 11.5 Å². The van der Waals surface area contributed by atoms with Gasteiger partial charge < -0.3 is 0 Å². The van der Waals surface area contributed by atoms with Crippen molar-refractivity contribution >= 4 is 16.1 Å². The van der Waals surface area contributed by atoms with Gasteiger partial charge in [-0.15, -0.1) is 0 Å². The molecular formula is C5H6O3S. The third-order valence-electron chi connectivity index (χ3n) is 1.14. The quantitative estimate of drug-likeness (QED) is 0.470. The number of hydrogen-bond donors (Lipinski definition) is 0. The van der Waals surface area contributed by atoms with E-state index in [-0.39, 0.29) is 11.5 Å². The maximum absolute atomic E-state index is 10.6. The van der Waals surface area contributed by atoms with Crippen LogP contribution >= 0.6 is 0 Å². The second-order valence-corrected chi connectivity index (χ2v) is 4.06. The van der Waals surface area contributed by atoms with Gasteiger partial charge in [-0.25, -0.2) is 8.42 Å². The topological polar surface area (TPSA) is 51.2 Å². The molecule has 50 valence electrons. The van der Waals surface area contributed by atoms with Crippen LogP contribution in [-0.4, -0.2) is 26.2 Å². The molecule has 0 aromatic carbocycles. The van der Waals surface area contributed by atoms with Gasteiger partial charge in [0.1, 0.15) is 6.29 Å². The number of hydrogen-bond acceptors (Lipinski definition) is 3. The first-order chi connectivity index (χ1) is 4.14. The van der Waals surface area contributed by atoms with E-state index >= 15 is 0 Å². The zero-order valence-electron chi connectivity index (χ0n) is 4.70. The lowest BCUT2D eigenvalue weighted by atomic mass is 10.3. The molecule has 0 aliphatic carbocycles. The lowest BCUT2D eigenvalue weighted by Gasteiger charge is -1.85. The molecule has 1 heterocycles. The minimum absolute atomic E-state index is 0.0288. The summed E-state index contributed by atoms with van der Waals surface area (Å²) in [5, 5.41) is 0. The molecule has 0 aromatic heterocycles. The van der Waals surface area contributed by atoms with Crippen LogP contribution in [0, 0.1) is 0 Å². The van der Waals surface area contributed by atoms with Gasteiger partial charge >= 0.3 is 0 Å². The summed E-state index contributed by atoms with van der Waals surface area (Å²) >= 11 is 0. The van der Waals surface area contributed by atoms with E-state index in [9.17, 15) is 13.2 Å². The van der Waals surface area contributed by atoms with E-state index in [0.717, 1.165) is 0 Å². The average molecular weight is 146 g/mol. The molecule has 0 aromatic rings. The van der Waals surface area contributed by atoms with Gasteiger partial charge in [0.2, 0.25) is 0 Å². The van der Waals surface area contributed by atoms with Gasteiger partial charge in [0.25, 0.3) is 0 Å². The van der Waals surface area contributed by atoms with E-state index in [1.54, 1.807) is 0 Å². The molecule has 1 rings (SSSR count). The molecule has 0 N–H and O–H groups in total.